The summed E-state index contributed by atoms with van der Waals surface area (Å²) in [6.45, 7) is 0.910. The number of hydrogen-bond donors (Lipinski definition) is 2. The molecule has 1 aliphatic rings. The zero-order valence-electron chi connectivity index (χ0n) is 10.3. The predicted molar refractivity (Wildman–Crippen MR) is 69.7 cm³/mol. The topological polar surface area (TPSA) is 105 Å². The van der Waals surface area contributed by atoms with Crippen molar-refractivity contribution in [3.8, 4) is 6.07 Å². The summed E-state index contributed by atoms with van der Waals surface area (Å²) in [5.74, 6) is 0. The van der Waals surface area contributed by atoms with Gasteiger partial charge in [0.1, 0.15) is 4.90 Å². The largest absolute Gasteiger partial charge is 0.398 e. The van der Waals surface area contributed by atoms with Crippen molar-refractivity contribution >= 4 is 15.7 Å². The normalized spacial score (nSPS) is 19.2. The summed E-state index contributed by atoms with van der Waals surface area (Å²) in [7, 11) is -3.67. The Labute approximate surface area is 112 Å². The number of ether oxygens (including phenoxy) is 1. The predicted octanol–water partition coefficient (Wildman–Crippen LogP) is 0.598. The van der Waals surface area contributed by atoms with Gasteiger partial charge in [-0.25, -0.2) is 13.1 Å². The molecule has 6 nitrogen and oxygen atoms in total. The van der Waals surface area contributed by atoms with E-state index in [1.54, 1.807) is 0 Å². The first kappa shape index (κ1) is 13.8. The van der Waals surface area contributed by atoms with Crippen molar-refractivity contribution in [3.63, 3.8) is 0 Å². The monoisotopic (exact) mass is 281 g/mol. The van der Waals surface area contributed by atoms with Crippen LogP contribution in [0.25, 0.3) is 0 Å². The number of benzene rings is 1. The lowest BCUT2D eigenvalue weighted by atomic mass is 10.2. The molecule has 0 spiro atoms. The first-order valence-corrected chi connectivity index (χ1v) is 7.42. The SMILES string of the molecule is N#Cc1ccc(S(=O)(=O)NCC2CCCO2)c(N)c1. The van der Waals surface area contributed by atoms with Crippen LogP contribution in [0.5, 0.6) is 0 Å². The van der Waals surface area contributed by atoms with Gasteiger partial charge in [-0.3, -0.25) is 0 Å². The van der Waals surface area contributed by atoms with Gasteiger partial charge >= 0.3 is 0 Å². The third-order valence-electron chi connectivity index (χ3n) is 2.95. The minimum atomic E-state index is -3.67. The molecular formula is C12H15N3O3S. The van der Waals surface area contributed by atoms with Crippen molar-refractivity contribution in [1.29, 1.82) is 5.26 Å². The Hall–Kier alpha value is -1.62. The third-order valence-corrected chi connectivity index (χ3v) is 4.45. The molecule has 7 heteroatoms. The number of nitrogens with zero attached hydrogens (tertiary/aromatic N) is 1. The second-order valence-corrected chi connectivity index (χ2v) is 6.09. The summed E-state index contributed by atoms with van der Waals surface area (Å²) >= 11 is 0. The number of sulfonamides is 1. The number of anilines is 1. The van der Waals surface area contributed by atoms with Gasteiger partial charge in [0, 0.05) is 13.2 Å². The lowest BCUT2D eigenvalue weighted by molar-refractivity contribution is 0.114. The summed E-state index contributed by atoms with van der Waals surface area (Å²) in [6.07, 6.45) is 1.73. The maximum atomic E-state index is 12.1. The molecule has 1 saturated heterocycles. The molecule has 1 fully saturated rings. The number of hydrogen-bond acceptors (Lipinski definition) is 5. The Balaban J connectivity index is 2.12. The molecule has 0 aromatic heterocycles. The van der Waals surface area contributed by atoms with Gasteiger partial charge in [-0.1, -0.05) is 0 Å². The van der Waals surface area contributed by atoms with Crippen LogP contribution in [0.2, 0.25) is 0 Å². The van der Waals surface area contributed by atoms with Crippen molar-refractivity contribution in [3.05, 3.63) is 23.8 Å². The molecule has 0 saturated carbocycles. The lowest BCUT2D eigenvalue weighted by Gasteiger charge is -2.12. The van der Waals surface area contributed by atoms with E-state index in [9.17, 15) is 8.42 Å². The molecule has 0 bridgehead atoms. The Morgan fingerprint density at radius 3 is 2.89 bits per heavy atom. The molecular weight excluding hydrogens is 266 g/mol. The summed E-state index contributed by atoms with van der Waals surface area (Å²) < 4.78 is 32.0. The van der Waals surface area contributed by atoms with Gasteiger partial charge < -0.3 is 10.5 Å². The number of nitrogens with two attached hydrogens (primary N) is 1. The van der Waals surface area contributed by atoms with Crippen LogP contribution >= 0.6 is 0 Å². The van der Waals surface area contributed by atoms with Crippen molar-refractivity contribution in [2.45, 2.75) is 23.8 Å². The van der Waals surface area contributed by atoms with Crippen LogP contribution in [0.3, 0.4) is 0 Å². The van der Waals surface area contributed by atoms with E-state index < -0.39 is 10.0 Å². The van der Waals surface area contributed by atoms with Crippen molar-refractivity contribution < 1.29 is 13.2 Å². The van der Waals surface area contributed by atoms with Gasteiger partial charge in [-0.05, 0) is 31.0 Å². The zero-order valence-corrected chi connectivity index (χ0v) is 11.1. The summed E-state index contributed by atoms with van der Waals surface area (Å²) in [6, 6.07) is 6.02. The van der Waals surface area contributed by atoms with E-state index >= 15 is 0 Å². The number of nitrogen functional groups attached to an aromatic ring is 1. The second-order valence-electron chi connectivity index (χ2n) is 4.35. The molecule has 1 atom stereocenters. The highest BCUT2D eigenvalue weighted by molar-refractivity contribution is 7.89. The van der Waals surface area contributed by atoms with Gasteiger partial charge in [-0.15, -0.1) is 0 Å². The van der Waals surface area contributed by atoms with E-state index in [-0.39, 0.29) is 23.2 Å². The number of rotatable bonds is 4. The second kappa shape index (κ2) is 5.57. The van der Waals surface area contributed by atoms with E-state index in [4.69, 9.17) is 15.7 Å². The van der Waals surface area contributed by atoms with Crippen molar-refractivity contribution in [2.24, 2.45) is 0 Å². The first-order chi connectivity index (χ1) is 9.03. The smallest absolute Gasteiger partial charge is 0.242 e. The van der Waals surface area contributed by atoms with Crippen molar-refractivity contribution in [2.75, 3.05) is 18.9 Å². The van der Waals surface area contributed by atoms with E-state index in [2.05, 4.69) is 4.72 Å². The van der Waals surface area contributed by atoms with Crippen LogP contribution in [0, 0.1) is 11.3 Å². The lowest BCUT2D eigenvalue weighted by Crippen LogP contribution is -2.32. The molecule has 0 radical (unpaired) electrons. The van der Waals surface area contributed by atoms with E-state index in [1.807, 2.05) is 6.07 Å². The molecule has 3 N–H and O–H groups in total. The Bertz CT molecular complexity index is 601. The Kier molecular flexibility index (Phi) is 4.04. The fourth-order valence-electron chi connectivity index (χ4n) is 1.95. The molecule has 1 aliphatic heterocycles. The maximum absolute atomic E-state index is 12.1. The molecule has 1 aromatic rings. The average molecular weight is 281 g/mol. The van der Waals surface area contributed by atoms with Crippen LogP contribution in [-0.4, -0.2) is 27.7 Å². The summed E-state index contributed by atoms with van der Waals surface area (Å²) in [5, 5.41) is 8.72. The van der Waals surface area contributed by atoms with E-state index in [0.29, 0.717) is 12.2 Å². The highest BCUT2D eigenvalue weighted by atomic mass is 32.2. The first-order valence-electron chi connectivity index (χ1n) is 5.94. The quantitative estimate of drug-likeness (QED) is 0.786. The Morgan fingerprint density at radius 1 is 1.53 bits per heavy atom. The molecule has 1 unspecified atom stereocenters. The van der Waals surface area contributed by atoms with Crippen LogP contribution in [-0.2, 0) is 14.8 Å². The molecule has 2 rings (SSSR count). The molecule has 19 heavy (non-hydrogen) atoms. The molecule has 1 heterocycles. The van der Waals surface area contributed by atoms with Gasteiger partial charge in [0.25, 0.3) is 0 Å². The van der Waals surface area contributed by atoms with E-state index in [1.165, 1.54) is 18.2 Å². The fourth-order valence-corrected chi connectivity index (χ4v) is 3.13. The van der Waals surface area contributed by atoms with Gasteiger partial charge in [-0.2, -0.15) is 5.26 Å². The van der Waals surface area contributed by atoms with E-state index in [0.717, 1.165) is 12.8 Å². The number of nitriles is 1. The summed E-state index contributed by atoms with van der Waals surface area (Å²) in [4.78, 5) is -0.00973. The van der Waals surface area contributed by atoms with Gasteiger partial charge in [0.05, 0.1) is 23.4 Å². The molecule has 1 aromatic carbocycles. The fraction of sp³-hybridized carbons (Fsp3) is 0.417. The van der Waals surface area contributed by atoms with Crippen molar-refractivity contribution in [1.82, 2.24) is 4.72 Å². The van der Waals surface area contributed by atoms with Crippen LogP contribution in [0.15, 0.2) is 23.1 Å². The third kappa shape index (κ3) is 3.23. The average Bonchev–Trinajstić information content (AvgIpc) is 2.89. The number of nitrogens with one attached hydrogen (secondary N) is 1. The maximum Gasteiger partial charge on any atom is 0.242 e. The summed E-state index contributed by atoms with van der Waals surface area (Å²) in [5.41, 5.74) is 6.06. The molecule has 0 aliphatic carbocycles. The molecule has 0 amide bonds. The molecule has 102 valence electrons. The zero-order chi connectivity index (χ0) is 13.9. The minimum Gasteiger partial charge on any atom is -0.398 e. The van der Waals surface area contributed by atoms with Crippen LogP contribution in [0.1, 0.15) is 18.4 Å². The standard InChI is InChI=1S/C12H15N3O3S/c13-7-9-3-4-12(11(14)6-9)19(16,17)15-8-10-2-1-5-18-10/h3-4,6,10,15H,1-2,5,8,14H2. The highest BCUT2D eigenvalue weighted by Crippen LogP contribution is 2.20. The Morgan fingerprint density at radius 2 is 2.32 bits per heavy atom. The van der Waals surface area contributed by atoms with Gasteiger partial charge in [0.2, 0.25) is 10.0 Å². The highest BCUT2D eigenvalue weighted by Gasteiger charge is 2.21. The van der Waals surface area contributed by atoms with Crippen LogP contribution < -0.4 is 10.5 Å². The van der Waals surface area contributed by atoms with Gasteiger partial charge in [0.15, 0.2) is 0 Å². The minimum absolute atomic E-state index is 0.00973. The van der Waals surface area contributed by atoms with Crippen LogP contribution in [0.4, 0.5) is 5.69 Å².